The molecule has 1 fully saturated rings. The van der Waals surface area contributed by atoms with E-state index in [4.69, 9.17) is 23.2 Å². The predicted octanol–water partition coefficient (Wildman–Crippen LogP) is 4.87. The molecule has 1 amide bonds. The minimum absolute atomic E-state index is 0.200. The monoisotopic (exact) mass is 469 g/mol. The van der Waals surface area contributed by atoms with Crippen LogP contribution in [0.4, 0.5) is 5.82 Å². The van der Waals surface area contributed by atoms with Gasteiger partial charge in [-0.2, -0.15) is 5.10 Å². The zero-order chi connectivity index (χ0) is 22.5. The van der Waals surface area contributed by atoms with Gasteiger partial charge in [-0.15, -0.1) is 0 Å². The number of hydrogen-bond donors (Lipinski definition) is 1. The van der Waals surface area contributed by atoms with Gasteiger partial charge in [-0.1, -0.05) is 41.4 Å². The van der Waals surface area contributed by atoms with E-state index < -0.39 is 0 Å². The Morgan fingerprint density at radius 2 is 1.81 bits per heavy atom. The molecule has 1 N–H and O–H groups in total. The van der Waals surface area contributed by atoms with Crippen LogP contribution in [-0.2, 0) is 17.9 Å². The van der Waals surface area contributed by atoms with Gasteiger partial charge in [-0.25, -0.2) is 9.67 Å². The van der Waals surface area contributed by atoms with Crippen molar-refractivity contribution in [3.63, 3.8) is 0 Å². The molecule has 0 atom stereocenters. The van der Waals surface area contributed by atoms with Gasteiger partial charge >= 0.3 is 0 Å². The Bertz CT molecular complexity index is 1100. The number of rotatable bonds is 7. The van der Waals surface area contributed by atoms with Crippen molar-refractivity contribution in [2.45, 2.75) is 32.9 Å². The summed E-state index contributed by atoms with van der Waals surface area (Å²) in [5, 5.41) is 8.56. The number of aryl methyl sites for hydroxylation is 1. The molecule has 1 aliphatic heterocycles. The van der Waals surface area contributed by atoms with E-state index in [2.05, 4.69) is 20.3 Å². The standard InChI is InChI=1S/C24H25Cl2N5O/c1-17-21(24(26)31(29-17)16-18-4-7-20(25)8-5-18)9-11-23(32)28-15-19-6-10-22(27-14-19)30-12-2-3-13-30/h4-11,14H,2-3,12-13,15-16H2,1H3,(H,28,32)/b11-9+. The van der Waals surface area contributed by atoms with E-state index in [1.807, 2.05) is 49.5 Å². The van der Waals surface area contributed by atoms with Crippen LogP contribution in [0.2, 0.25) is 10.2 Å². The summed E-state index contributed by atoms with van der Waals surface area (Å²) in [5.74, 6) is 0.799. The summed E-state index contributed by atoms with van der Waals surface area (Å²) < 4.78 is 1.71. The summed E-state index contributed by atoms with van der Waals surface area (Å²) in [5.41, 5.74) is 3.48. The number of nitrogens with one attached hydrogen (secondary N) is 1. The number of carbonyl (C=O) groups is 1. The van der Waals surface area contributed by atoms with Crippen molar-refractivity contribution in [1.29, 1.82) is 0 Å². The van der Waals surface area contributed by atoms with Gasteiger partial charge in [0.25, 0.3) is 0 Å². The molecule has 32 heavy (non-hydrogen) atoms. The Balaban J connectivity index is 1.34. The molecule has 0 saturated carbocycles. The summed E-state index contributed by atoms with van der Waals surface area (Å²) in [4.78, 5) is 19.1. The van der Waals surface area contributed by atoms with Crippen LogP contribution in [0.15, 0.2) is 48.7 Å². The summed E-state index contributed by atoms with van der Waals surface area (Å²) in [6.45, 7) is 4.93. The van der Waals surface area contributed by atoms with Crippen LogP contribution in [0.1, 0.15) is 35.2 Å². The van der Waals surface area contributed by atoms with Crippen LogP contribution in [0, 0.1) is 6.92 Å². The number of nitrogens with zero attached hydrogens (tertiary/aromatic N) is 4. The first-order valence-electron chi connectivity index (χ1n) is 10.6. The Labute approximate surface area is 197 Å². The molecule has 1 aliphatic rings. The van der Waals surface area contributed by atoms with E-state index >= 15 is 0 Å². The van der Waals surface area contributed by atoms with Gasteiger partial charge in [0, 0.05) is 42.5 Å². The Kier molecular flexibility index (Phi) is 7.12. The quantitative estimate of drug-likeness (QED) is 0.501. The van der Waals surface area contributed by atoms with Crippen LogP contribution >= 0.6 is 23.2 Å². The van der Waals surface area contributed by atoms with Gasteiger partial charge in [0.05, 0.1) is 12.2 Å². The van der Waals surface area contributed by atoms with Gasteiger partial charge in [0.1, 0.15) is 11.0 Å². The number of pyridine rings is 1. The number of amides is 1. The van der Waals surface area contributed by atoms with E-state index in [1.165, 1.54) is 18.9 Å². The van der Waals surface area contributed by atoms with Crippen LogP contribution in [0.5, 0.6) is 0 Å². The predicted molar refractivity (Wildman–Crippen MR) is 129 cm³/mol. The number of hydrogen-bond acceptors (Lipinski definition) is 4. The number of halogens is 2. The maximum atomic E-state index is 12.3. The summed E-state index contributed by atoms with van der Waals surface area (Å²) >= 11 is 12.5. The van der Waals surface area contributed by atoms with Crippen molar-refractivity contribution >= 4 is 41.0 Å². The lowest BCUT2D eigenvalue weighted by atomic mass is 10.2. The van der Waals surface area contributed by atoms with Crippen LogP contribution < -0.4 is 10.2 Å². The maximum Gasteiger partial charge on any atom is 0.244 e. The van der Waals surface area contributed by atoms with E-state index in [1.54, 1.807) is 10.8 Å². The zero-order valence-electron chi connectivity index (χ0n) is 17.9. The molecule has 0 spiro atoms. The van der Waals surface area contributed by atoms with Crippen molar-refractivity contribution in [2.75, 3.05) is 18.0 Å². The largest absolute Gasteiger partial charge is 0.357 e. The Hall–Kier alpha value is -2.83. The lowest BCUT2D eigenvalue weighted by Crippen LogP contribution is -2.21. The summed E-state index contributed by atoms with van der Waals surface area (Å²) in [6, 6.07) is 11.6. The highest BCUT2D eigenvalue weighted by Crippen LogP contribution is 2.23. The lowest BCUT2D eigenvalue weighted by molar-refractivity contribution is -0.116. The number of anilines is 1. The molecule has 0 bridgehead atoms. The Morgan fingerprint density at radius 1 is 1.09 bits per heavy atom. The average Bonchev–Trinajstić information content (AvgIpc) is 3.42. The van der Waals surface area contributed by atoms with Crippen LogP contribution in [-0.4, -0.2) is 33.8 Å². The third-order valence-corrected chi connectivity index (χ3v) is 6.11. The molecular weight excluding hydrogens is 445 g/mol. The normalized spacial score (nSPS) is 13.8. The molecule has 0 radical (unpaired) electrons. The molecule has 1 saturated heterocycles. The second-order valence-electron chi connectivity index (χ2n) is 7.84. The van der Waals surface area contributed by atoms with Gasteiger partial charge in [-0.3, -0.25) is 4.79 Å². The molecule has 1 aromatic carbocycles. The first-order valence-corrected chi connectivity index (χ1v) is 11.4. The molecule has 0 unspecified atom stereocenters. The average molecular weight is 470 g/mol. The molecular formula is C24H25Cl2N5O. The van der Waals surface area contributed by atoms with Crippen LogP contribution in [0.25, 0.3) is 6.08 Å². The smallest absolute Gasteiger partial charge is 0.244 e. The van der Waals surface area contributed by atoms with Gasteiger partial charge in [0.2, 0.25) is 5.91 Å². The maximum absolute atomic E-state index is 12.3. The second-order valence-corrected chi connectivity index (χ2v) is 8.64. The molecule has 8 heteroatoms. The fourth-order valence-corrected chi connectivity index (χ4v) is 4.11. The molecule has 4 rings (SSSR count). The fraction of sp³-hybridized carbons (Fsp3) is 0.292. The molecule has 0 aliphatic carbocycles. The highest BCUT2D eigenvalue weighted by atomic mass is 35.5. The van der Waals surface area contributed by atoms with E-state index in [0.29, 0.717) is 23.3 Å². The lowest BCUT2D eigenvalue weighted by Gasteiger charge is -2.16. The second kappa shape index (κ2) is 10.2. The zero-order valence-corrected chi connectivity index (χ0v) is 19.4. The molecule has 2 aromatic heterocycles. The minimum Gasteiger partial charge on any atom is -0.357 e. The number of aromatic nitrogens is 3. The molecule has 6 nitrogen and oxygen atoms in total. The topological polar surface area (TPSA) is 63.1 Å². The van der Waals surface area contributed by atoms with Crippen molar-refractivity contribution < 1.29 is 4.79 Å². The molecule has 3 heterocycles. The van der Waals surface area contributed by atoms with Crippen LogP contribution in [0.3, 0.4) is 0 Å². The first-order chi connectivity index (χ1) is 15.5. The van der Waals surface area contributed by atoms with Gasteiger partial charge in [0.15, 0.2) is 0 Å². The third-order valence-electron chi connectivity index (χ3n) is 5.46. The number of benzene rings is 1. The van der Waals surface area contributed by atoms with Gasteiger partial charge in [-0.05, 0) is 55.2 Å². The Morgan fingerprint density at radius 3 is 2.50 bits per heavy atom. The molecule has 3 aromatic rings. The highest BCUT2D eigenvalue weighted by molar-refractivity contribution is 6.31. The summed E-state index contributed by atoms with van der Waals surface area (Å²) in [7, 11) is 0. The van der Waals surface area contributed by atoms with Crippen molar-refractivity contribution in [1.82, 2.24) is 20.1 Å². The fourth-order valence-electron chi connectivity index (χ4n) is 3.69. The molecule has 166 valence electrons. The SMILES string of the molecule is Cc1nn(Cc2ccc(Cl)cc2)c(Cl)c1/C=C/C(=O)NCc1ccc(N2CCCC2)nc1. The summed E-state index contributed by atoms with van der Waals surface area (Å²) in [6.07, 6.45) is 7.44. The van der Waals surface area contributed by atoms with Crippen molar-refractivity contribution in [2.24, 2.45) is 0 Å². The van der Waals surface area contributed by atoms with E-state index in [9.17, 15) is 4.79 Å². The van der Waals surface area contributed by atoms with Crippen molar-refractivity contribution in [3.8, 4) is 0 Å². The first kappa shape index (κ1) is 22.4. The van der Waals surface area contributed by atoms with Crippen molar-refractivity contribution in [3.05, 3.63) is 81.2 Å². The minimum atomic E-state index is -0.200. The third kappa shape index (κ3) is 5.50. The van der Waals surface area contributed by atoms with E-state index in [0.717, 1.165) is 41.3 Å². The highest BCUT2D eigenvalue weighted by Gasteiger charge is 2.14. The van der Waals surface area contributed by atoms with E-state index in [-0.39, 0.29) is 5.91 Å². The van der Waals surface area contributed by atoms with Gasteiger partial charge < -0.3 is 10.2 Å². The number of carbonyl (C=O) groups excluding carboxylic acids is 1.